The SMILES string of the molecule is O=[N+]([O-])c1ccc(OCCC[N+]23CCC(C(O)(c4ccccc4)c4ccccc4)(CC2)C3)cc1. The quantitative estimate of drug-likeness (QED) is 0.214. The van der Waals surface area contributed by atoms with Crippen molar-refractivity contribution in [2.45, 2.75) is 24.9 Å². The van der Waals surface area contributed by atoms with Crippen molar-refractivity contribution in [1.82, 2.24) is 0 Å². The van der Waals surface area contributed by atoms with E-state index in [-0.39, 0.29) is 11.1 Å². The van der Waals surface area contributed by atoms with Gasteiger partial charge in [-0.15, -0.1) is 0 Å². The van der Waals surface area contributed by atoms with E-state index in [1.165, 1.54) is 12.1 Å². The van der Waals surface area contributed by atoms with Crippen LogP contribution in [0.3, 0.4) is 0 Å². The summed E-state index contributed by atoms with van der Waals surface area (Å²) >= 11 is 0. The summed E-state index contributed by atoms with van der Waals surface area (Å²) in [4.78, 5) is 10.4. The standard InChI is InChI=1S/C28H31N2O4/c31-28(23-8-3-1-4-9-23,24-10-5-2-6-11-24)27-16-19-30(22-27,20-17-27)18-7-21-34-26-14-12-25(13-15-26)29(32)33/h1-6,8-15,31H,7,16-22H2/q+1. The normalized spacial score (nSPS) is 23.7. The first-order chi connectivity index (χ1) is 16.5. The van der Waals surface area contributed by atoms with E-state index in [1.54, 1.807) is 12.1 Å². The van der Waals surface area contributed by atoms with Crippen molar-refractivity contribution < 1.29 is 19.2 Å². The van der Waals surface area contributed by atoms with Gasteiger partial charge >= 0.3 is 0 Å². The Labute approximate surface area is 200 Å². The van der Waals surface area contributed by atoms with Crippen LogP contribution in [0.1, 0.15) is 30.4 Å². The van der Waals surface area contributed by atoms with Crippen LogP contribution in [0.4, 0.5) is 5.69 Å². The number of nitro groups is 1. The summed E-state index contributed by atoms with van der Waals surface area (Å²) in [7, 11) is 0. The van der Waals surface area contributed by atoms with Gasteiger partial charge in [0.05, 0.1) is 43.1 Å². The van der Waals surface area contributed by atoms with Crippen LogP contribution in [0.5, 0.6) is 5.75 Å². The zero-order valence-electron chi connectivity index (χ0n) is 19.3. The molecular formula is C28H31N2O4+. The summed E-state index contributed by atoms with van der Waals surface area (Å²) < 4.78 is 6.87. The largest absolute Gasteiger partial charge is 0.493 e. The molecule has 2 bridgehead atoms. The first-order valence-corrected chi connectivity index (χ1v) is 12.0. The van der Waals surface area contributed by atoms with E-state index in [0.717, 1.165) is 61.1 Å². The fourth-order valence-corrected chi connectivity index (χ4v) is 6.27. The minimum Gasteiger partial charge on any atom is -0.493 e. The summed E-state index contributed by atoms with van der Waals surface area (Å²) in [5, 5.41) is 23.3. The van der Waals surface area contributed by atoms with Crippen molar-refractivity contribution in [3.05, 3.63) is 106 Å². The fraction of sp³-hybridized carbons (Fsp3) is 0.357. The lowest BCUT2D eigenvalue weighted by Crippen LogP contribution is -2.47. The maximum atomic E-state index is 12.4. The molecular weight excluding hydrogens is 428 g/mol. The minimum atomic E-state index is -1.01. The second kappa shape index (κ2) is 8.85. The molecule has 2 heterocycles. The summed E-state index contributed by atoms with van der Waals surface area (Å²) in [6.45, 7) is 4.69. The summed E-state index contributed by atoms with van der Waals surface area (Å²) in [5.74, 6) is 0.658. The Kier molecular flexibility index (Phi) is 5.88. The molecule has 3 aromatic rings. The number of piperidine rings is 1. The molecule has 2 fully saturated rings. The van der Waals surface area contributed by atoms with Crippen LogP contribution < -0.4 is 4.74 Å². The highest BCUT2D eigenvalue weighted by atomic mass is 16.6. The number of benzene rings is 3. The van der Waals surface area contributed by atoms with E-state index in [0.29, 0.717) is 12.4 Å². The molecule has 0 unspecified atom stereocenters. The molecule has 34 heavy (non-hydrogen) atoms. The smallest absolute Gasteiger partial charge is 0.269 e. The Morgan fingerprint density at radius 2 is 1.47 bits per heavy atom. The van der Waals surface area contributed by atoms with Crippen LogP contribution in [-0.4, -0.2) is 47.3 Å². The summed E-state index contributed by atoms with van der Waals surface area (Å²) in [5.41, 5.74) is 0.825. The zero-order chi connectivity index (χ0) is 23.7. The van der Waals surface area contributed by atoms with Gasteiger partial charge in [-0.25, -0.2) is 0 Å². The Balaban J connectivity index is 1.29. The number of non-ortho nitro benzene ring substituents is 1. The van der Waals surface area contributed by atoms with Gasteiger partial charge in [0.1, 0.15) is 11.4 Å². The predicted octanol–water partition coefficient (Wildman–Crippen LogP) is 4.91. The molecule has 0 aromatic heterocycles. The minimum absolute atomic E-state index is 0.0699. The van der Waals surface area contributed by atoms with Crippen molar-refractivity contribution in [1.29, 1.82) is 0 Å². The highest BCUT2D eigenvalue weighted by Crippen LogP contribution is 2.58. The second-order valence-corrected chi connectivity index (χ2v) is 9.85. The van der Waals surface area contributed by atoms with Crippen LogP contribution in [0.2, 0.25) is 0 Å². The van der Waals surface area contributed by atoms with Gasteiger partial charge in [0.2, 0.25) is 0 Å². The maximum absolute atomic E-state index is 12.4. The van der Waals surface area contributed by atoms with Crippen LogP contribution in [0, 0.1) is 15.5 Å². The Morgan fingerprint density at radius 3 is 2.00 bits per heavy atom. The molecule has 6 heteroatoms. The third-order valence-corrected chi connectivity index (χ3v) is 8.01. The number of nitrogens with zero attached hydrogens (tertiary/aromatic N) is 2. The number of quaternary nitrogens is 1. The molecule has 0 atom stereocenters. The molecule has 0 saturated carbocycles. The second-order valence-electron chi connectivity index (χ2n) is 9.85. The lowest BCUT2D eigenvalue weighted by Gasteiger charge is -2.42. The molecule has 6 nitrogen and oxygen atoms in total. The Hall–Kier alpha value is -3.22. The van der Waals surface area contributed by atoms with Gasteiger partial charge in [-0.2, -0.15) is 0 Å². The Morgan fingerprint density at radius 1 is 0.912 bits per heavy atom. The van der Waals surface area contributed by atoms with Gasteiger partial charge in [0, 0.05) is 31.4 Å². The van der Waals surface area contributed by atoms with E-state index in [4.69, 9.17) is 4.74 Å². The molecule has 0 amide bonds. The fourth-order valence-electron chi connectivity index (χ4n) is 6.27. The van der Waals surface area contributed by atoms with E-state index < -0.39 is 10.5 Å². The molecule has 2 aliphatic rings. The highest BCUT2D eigenvalue weighted by Gasteiger charge is 2.65. The molecule has 0 radical (unpaired) electrons. The number of nitro benzene ring substituents is 1. The molecule has 2 saturated heterocycles. The van der Waals surface area contributed by atoms with E-state index in [1.807, 2.05) is 36.4 Å². The summed E-state index contributed by atoms with van der Waals surface area (Å²) in [6.07, 6.45) is 2.90. The van der Waals surface area contributed by atoms with Gasteiger partial charge in [-0.05, 0) is 23.3 Å². The predicted molar refractivity (Wildman–Crippen MR) is 130 cm³/mol. The number of rotatable bonds is 9. The maximum Gasteiger partial charge on any atom is 0.269 e. The van der Waals surface area contributed by atoms with Crippen LogP contribution >= 0.6 is 0 Å². The van der Waals surface area contributed by atoms with Gasteiger partial charge in [-0.1, -0.05) is 60.7 Å². The van der Waals surface area contributed by atoms with Gasteiger partial charge in [0.15, 0.2) is 0 Å². The van der Waals surface area contributed by atoms with Gasteiger partial charge in [0.25, 0.3) is 5.69 Å². The molecule has 2 aliphatic heterocycles. The first-order valence-electron chi connectivity index (χ1n) is 12.0. The zero-order valence-corrected chi connectivity index (χ0v) is 19.3. The van der Waals surface area contributed by atoms with Crippen molar-refractivity contribution in [3.8, 4) is 5.75 Å². The number of hydrogen-bond donors (Lipinski definition) is 1. The topological polar surface area (TPSA) is 72.6 Å². The average Bonchev–Trinajstić information content (AvgIpc) is 3.46. The van der Waals surface area contributed by atoms with Gasteiger partial charge < -0.3 is 14.3 Å². The molecule has 1 N–H and O–H groups in total. The van der Waals surface area contributed by atoms with Crippen molar-refractivity contribution in [2.75, 3.05) is 32.8 Å². The third kappa shape index (κ3) is 3.87. The molecule has 3 aromatic carbocycles. The first kappa shape index (κ1) is 22.6. The highest BCUT2D eigenvalue weighted by molar-refractivity contribution is 5.40. The molecule has 0 spiro atoms. The number of ether oxygens (including phenoxy) is 1. The van der Waals surface area contributed by atoms with Crippen LogP contribution in [0.15, 0.2) is 84.9 Å². The number of hydrogen-bond acceptors (Lipinski definition) is 4. The lowest BCUT2D eigenvalue weighted by molar-refractivity contribution is -0.909. The average molecular weight is 460 g/mol. The number of aliphatic hydroxyl groups is 1. The van der Waals surface area contributed by atoms with E-state index in [2.05, 4.69) is 24.3 Å². The van der Waals surface area contributed by atoms with Crippen LogP contribution in [-0.2, 0) is 5.60 Å². The monoisotopic (exact) mass is 459 g/mol. The van der Waals surface area contributed by atoms with Crippen molar-refractivity contribution >= 4 is 5.69 Å². The van der Waals surface area contributed by atoms with Crippen LogP contribution in [0.25, 0.3) is 0 Å². The Bertz CT molecular complexity index is 1080. The molecule has 176 valence electrons. The van der Waals surface area contributed by atoms with E-state index >= 15 is 0 Å². The molecule has 0 aliphatic carbocycles. The lowest BCUT2D eigenvalue weighted by atomic mass is 9.63. The number of fused-ring (bicyclic) bond motifs is 2. The van der Waals surface area contributed by atoms with E-state index in [9.17, 15) is 15.2 Å². The van der Waals surface area contributed by atoms with Gasteiger partial charge in [-0.3, -0.25) is 10.1 Å². The molecule has 5 rings (SSSR count). The van der Waals surface area contributed by atoms with Crippen molar-refractivity contribution in [3.63, 3.8) is 0 Å². The third-order valence-electron chi connectivity index (χ3n) is 8.01. The van der Waals surface area contributed by atoms with Crippen molar-refractivity contribution in [2.24, 2.45) is 5.41 Å². The summed E-state index contributed by atoms with van der Waals surface area (Å²) in [6, 6.07) is 26.6.